The van der Waals surface area contributed by atoms with Crippen molar-refractivity contribution < 1.29 is 9.53 Å². The van der Waals surface area contributed by atoms with Crippen LogP contribution in [0.4, 0.5) is 11.5 Å². The molecule has 5 nitrogen and oxygen atoms in total. The Hall–Kier alpha value is -3.34. The van der Waals surface area contributed by atoms with Crippen LogP contribution in [0.3, 0.4) is 0 Å². The largest absolute Gasteiger partial charge is 0.497 e. The van der Waals surface area contributed by atoms with Crippen molar-refractivity contribution >= 4 is 17.4 Å². The molecule has 0 aliphatic carbocycles. The Morgan fingerprint density at radius 1 is 1.00 bits per heavy atom. The van der Waals surface area contributed by atoms with E-state index >= 15 is 0 Å². The highest BCUT2D eigenvalue weighted by molar-refractivity contribution is 6.04. The van der Waals surface area contributed by atoms with E-state index in [4.69, 9.17) is 4.74 Å². The molecular formula is C23H25N3O2. The Bertz CT molecular complexity index is 932. The van der Waals surface area contributed by atoms with Crippen LogP contribution in [0.1, 0.15) is 27.0 Å². The van der Waals surface area contributed by atoms with E-state index in [1.54, 1.807) is 25.4 Å². The van der Waals surface area contributed by atoms with Gasteiger partial charge in [0.1, 0.15) is 11.6 Å². The molecule has 0 saturated heterocycles. The number of ether oxygens (including phenoxy) is 1. The fraction of sp³-hybridized carbons (Fsp3) is 0.217. The second-order valence-electron chi connectivity index (χ2n) is 6.79. The van der Waals surface area contributed by atoms with E-state index in [1.807, 2.05) is 50.2 Å². The Morgan fingerprint density at radius 3 is 2.39 bits per heavy atom. The molecule has 1 aromatic heterocycles. The summed E-state index contributed by atoms with van der Waals surface area (Å²) in [7, 11) is 1.66. The van der Waals surface area contributed by atoms with E-state index in [9.17, 15) is 4.79 Å². The van der Waals surface area contributed by atoms with Gasteiger partial charge < -0.3 is 15.4 Å². The molecule has 1 heterocycles. The number of aromatic nitrogens is 1. The van der Waals surface area contributed by atoms with Crippen LogP contribution in [0.25, 0.3) is 0 Å². The van der Waals surface area contributed by atoms with Crippen LogP contribution < -0.4 is 15.4 Å². The van der Waals surface area contributed by atoms with Crippen molar-refractivity contribution in [3.63, 3.8) is 0 Å². The summed E-state index contributed by atoms with van der Waals surface area (Å²) >= 11 is 0. The molecule has 0 radical (unpaired) electrons. The molecule has 0 atom stereocenters. The zero-order chi connectivity index (χ0) is 19.9. The first-order valence-corrected chi connectivity index (χ1v) is 9.26. The van der Waals surface area contributed by atoms with Crippen LogP contribution >= 0.6 is 0 Å². The number of methoxy groups -OCH3 is 1. The number of hydrogen-bond acceptors (Lipinski definition) is 4. The average Bonchev–Trinajstić information content (AvgIpc) is 2.68. The van der Waals surface area contributed by atoms with Crippen LogP contribution in [0, 0.1) is 13.8 Å². The van der Waals surface area contributed by atoms with Crippen molar-refractivity contribution in [1.82, 2.24) is 4.98 Å². The van der Waals surface area contributed by atoms with Crippen molar-refractivity contribution in [2.75, 3.05) is 24.3 Å². The molecule has 0 aliphatic heterocycles. The van der Waals surface area contributed by atoms with Crippen molar-refractivity contribution in [2.24, 2.45) is 0 Å². The van der Waals surface area contributed by atoms with Crippen LogP contribution in [-0.4, -0.2) is 24.5 Å². The number of nitrogens with one attached hydrogen (secondary N) is 2. The number of pyridine rings is 1. The molecular weight excluding hydrogens is 350 g/mol. The lowest BCUT2D eigenvalue weighted by atomic mass is 10.1. The number of benzene rings is 2. The maximum Gasteiger partial charge on any atom is 0.255 e. The molecule has 0 bridgehead atoms. The normalized spacial score (nSPS) is 10.4. The zero-order valence-electron chi connectivity index (χ0n) is 16.5. The zero-order valence-corrected chi connectivity index (χ0v) is 16.5. The van der Waals surface area contributed by atoms with Crippen LogP contribution in [0.2, 0.25) is 0 Å². The van der Waals surface area contributed by atoms with E-state index in [1.165, 1.54) is 5.56 Å². The predicted molar refractivity (Wildman–Crippen MR) is 113 cm³/mol. The highest BCUT2D eigenvalue weighted by Gasteiger charge is 2.08. The molecule has 0 fully saturated rings. The van der Waals surface area contributed by atoms with E-state index < -0.39 is 0 Å². The molecule has 3 aromatic rings. The van der Waals surface area contributed by atoms with Gasteiger partial charge in [-0.2, -0.15) is 0 Å². The maximum absolute atomic E-state index is 12.6. The Kier molecular flexibility index (Phi) is 6.27. The van der Waals surface area contributed by atoms with Gasteiger partial charge in [-0.05, 0) is 73.4 Å². The summed E-state index contributed by atoms with van der Waals surface area (Å²) < 4.78 is 5.17. The third-order valence-electron chi connectivity index (χ3n) is 4.38. The minimum Gasteiger partial charge on any atom is -0.497 e. The highest BCUT2D eigenvalue weighted by atomic mass is 16.5. The molecule has 0 spiro atoms. The van der Waals surface area contributed by atoms with Crippen molar-refractivity contribution in [3.8, 4) is 5.75 Å². The quantitative estimate of drug-likeness (QED) is 0.633. The minimum atomic E-state index is -0.148. The second-order valence-corrected chi connectivity index (χ2v) is 6.79. The number of amides is 1. The number of aryl methyl sites for hydroxylation is 2. The lowest BCUT2D eigenvalue weighted by molar-refractivity contribution is 0.102. The Labute approximate surface area is 165 Å². The Morgan fingerprint density at radius 2 is 1.71 bits per heavy atom. The van der Waals surface area contributed by atoms with Gasteiger partial charge in [-0.3, -0.25) is 4.79 Å². The van der Waals surface area contributed by atoms with E-state index in [0.29, 0.717) is 11.4 Å². The van der Waals surface area contributed by atoms with Crippen LogP contribution in [0.15, 0.2) is 60.8 Å². The summed E-state index contributed by atoms with van der Waals surface area (Å²) in [6.07, 6.45) is 2.50. The maximum atomic E-state index is 12.6. The van der Waals surface area contributed by atoms with Gasteiger partial charge >= 0.3 is 0 Å². The standard InChI is InChI=1S/C23H25N3O2/c1-16-12-17(2)14-20(13-16)26-23(27)19-9-11-25-22(15-19)24-10-8-18-4-6-21(28-3)7-5-18/h4-7,9,11-15H,8,10H2,1-3H3,(H,24,25)(H,26,27). The van der Waals surface area contributed by atoms with Gasteiger partial charge in [0, 0.05) is 24.0 Å². The highest BCUT2D eigenvalue weighted by Crippen LogP contribution is 2.16. The minimum absolute atomic E-state index is 0.148. The van der Waals surface area contributed by atoms with Gasteiger partial charge in [0.25, 0.3) is 5.91 Å². The monoisotopic (exact) mass is 375 g/mol. The summed E-state index contributed by atoms with van der Waals surface area (Å²) in [4.78, 5) is 16.9. The second kappa shape index (κ2) is 9.04. The van der Waals surface area contributed by atoms with Gasteiger partial charge in [0.15, 0.2) is 0 Å². The molecule has 2 N–H and O–H groups in total. The van der Waals surface area contributed by atoms with Crippen LogP contribution in [-0.2, 0) is 6.42 Å². The van der Waals surface area contributed by atoms with Gasteiger partial charge in [0.2, 0.25) is 0 Å². The molecule has 2 aromatic carbocycles. The third-order valence-corrected chi connectivity index (χ3v) is 4.38. The SMILES string of the molecule is COc1ccc(CCNc2cc(C(=O)Nc3cc(C)cc(C)c3)ccn2)cc1. The lowest BCUT2D eigenvalue weighted by Crippen LogP contribution is -2.13. The third kappa shape index (κ3) is 5.33. The number of carbonyl (C=O) groups is 1. The van der Waals surface area contributed by atoms with Gasteiger partial charge in [-0.25, -0.2) is 4.98 Å². The summed E-state index contributed by atoms with van der Waals surface area (Å²) in [6, 6.07) is 17.5. The Balaban J connectivity index is 1.58. The average molecular weight is 375 g/mol. The van der Waals surface area contributed by atoms with Crippen molar-refractivity contribution in [3.05, 3.63) is 83.0 Å². The number of rotatable bonds is 7. The smallest absolute Gasteiger partial charge is 0.255 e. The van der Waals surface area contributed by atoms with Crippen molar-refractivity contribution in [1.29, 1.82) is 0 Å². The van der Waals surface area contributed by atoms with Crippen molar-refractivity contribution in [2.45, 2.75) is 20.3 Å². The molecule has 0 saturated carbocycles. The summed E-state index contributed by atoms with van der Waals surface area (Å²) in [6.45, 7) is 4.75. The summed E-state index contributed by atoms with van der Waals surface area (Å²) in [5, 5.41) is 6.23. The first kappa shape index (κ1) is 19.4. The number of carbonyl (C=O) groups excluding carboxylic acids is 1. The van der Waals surface area contributed by atoms with Gasteiger partial charge in [-0.15, -0.1) is 0 Å². The number of nitrogens with zero attached hydrogens (tertiary/aromatic N) is 1. The fourth-order valence-corrected chi connectivity index (χ4v) is 3.05. The van der Waals surface area contributed by atoms with E-state index in [2.05, 4.69) is 21.7 Å². The van der Waals surface area contributed by atoms with E-state index in [0.717, 1.165) is 35.5 Å². The molecule has 28 heavy (non-hydrogen) atoms. The van der Waals surface area contributed by atoms with Crippen LogP contribution in [0.5, 0.6) is 5.75 Å². The molecule has 1 amide bonds. The van der Waals surface area contributed by atoms with Gasteiger partial charge in [-0.1, -0.05) is 18.2 Å². The lowest BCUT2D eigenvalue weighted by Gasteiger charge is -2.10. The van der Waals surface area contributed by atoms with E-state index in [-0.39, 0.29) is 5.91 Å². The molecule has 0 unspecified atom stereocenters. The first-order valence-electron chi connectivity index (χ1n) is 9.26. The molecule has 144 valence electrons. The number of hydrogen-bond donors (Lipinski definition) is 2. The van der Waals surface area contributed by atoms with Gasteiger partial charge in [0.05, 0.1) is 7.11 Å². The molecule has 5 heteroatoms. The topological polar surface area (TPSA) is 63.2 Å². The summed E-state index contributed by atoms with van der Waals surface area (Å²) in [5.74, 6) is 1.38. The number of anilines is 2. The molecule has 0 aliphatic rings. The molecule has 3 rings (SSSR count). The first-order chi connectivity index (χ1) is 13.5. The fourth-order valence-electron chi connectivity index (χ4n) is 3.05. The summed E-state index contributed by atoms with van der Waals surface area (Å²) in [5.41, 5.74) is 4.81. The predicted octanol–water partition coefficient (Wildman–Crippen LogP) is 4.61.